The Morgan fingerprint density at radius 3 is 1.55 bits per heavy atom. The summed E-state index contributed by atoms with van der Waals surface area (Å²) >= 11 is 3.81. The van der Waals surface area contributed by atoms with Gasteiger partial charge in [0.15, 0.2) is 0 Å². The summed E-state index contributed by atoms with van der Waals surface area (Å²) in [6.45, 7) is 4.79. The summed E-state index contributed by atoms with van der Waals surface area (Å²) in [6, 6.07) is 63.9. The number of benzene rings is 9. The second-order valence-electron chi connectivity index (χ2n) is 15.6. The van der Waals surface area contributed by atoms with E-state index in [1.807, 2.05) is 22.7 Å². The highest BCUT2D eigenvalue weighted by molar-refractivity contribution is 7.28. The van der Waals surface area contributed by atoms with Gasteiger partial charge in [-0.25, -0.2) is 0 Å². The van der Waals surface area contributed by atoms with Gasteiger partial charge in [-0.2, -0.15) is 0 Å². The number of thiophene rings is 2. The molecule has 2 heteroatoms. The maximum Gasteiger partial charge on any atom is 0.0369 e. The molecule has 0 unspecified atom stereocenters. The highest BCUT2D eigenvalue weighted by Gasteiger charge is 2.36. The number of hydrogen-bond acceptors (Lipinski definition) is 2. The van der Waals surface area contributed by atoms with Gasteiger partial charge in [0.1, 0.15) is 0 Å². The lowest BCUT2D eigenvalue weighted by atomic mass is 9.80. The van der Waals surface area contributed by atoms with Gasteiger partial charge in [0, 0.05) is 45.8 Å². The Balaban J connectivity index is 0.986. The summed E-state index contributed by atoms with van der Waals surface area (Å²) < 4.78 is 5.44. The second-order valence-corrected chi connectivity index (χ2v) is 17.8. The minimum absolute atomic E-state index is 0.124. The molecule has 0 bridgehead atoms. The normalized spacial score (nSPS) is 13.4. The average molecular weight is 735 g/mol. The SMILES string of the molecule is CC1(C)c2ccc(-c3ccc4c(c3)sc3cc5sc6ccccc6c5cc34)cc2-c2ccc(-c3c4ccccc4c(-c4ccccc4)c4ccccc34)cc21. The first kappa shape index (κ1) is 31.3. The molecule has 0 saturated carbocycles. The summed E-state index contributed by atoms with van der Waals surface area (Å²) in [5.41, 5.74) is 13.0. The van der Waals surface area contributed by atoms with Crippen LogP contribution in [0.1, 0.15) is 25.0 Å². The lowest BCUT2D eigenvalue weighted by Crippen LogP contribution is -2.15. The van der Waals surface area contributed by atoms with Gasteiger partial charge in [-0.1, -0.05) is 147 Å². The molecule has 0 N–H and O–H groups in total. The minimum Gasteiger partial charge on any atom is -0.135 e. The van der Waals surface area contributed by atoms with Gasteiger partial charge in [0.2, 0.25) is 0 Å². The average Bonchev–Trinajstić information content (AvgIpc) is 3.85. The van der Waals surface area contributed by atoms with E-state index in [4.69, 9.17) is 0 Å². The highest BCUT2D eigenvalue weighted by Crippen LogP contribution is 2.52. The molecule has 55 heavy (non-hydrogen) atoms. The number of fused-ring (bicyclic) bond motifs is 11. The maximum atomic E-state index is 2.49. The van der Waals surface area contributed by atoms with Crippen molar-refractivity contribution in [2.24, 2.45) is 0 Å². The van der Waals surface area contributed by atoms with Gasteiger partial charge < -0.3 is 0 Å². The minimum atomic E-state index is -0.124. The van der Waals surface area contributed by atoms with Crippen LogP contribution in [0, 0.1) is 0 Å². The summed E-state index contributed by atoms with van der Waals surface area (Å²) in [5.74, 6) is 0. The fraction of sp³-hybridized carbons (Fsp3) is 0.0566. The van der Waals surface area contributed by atoms with E-state index in [1.54, 1.807) is 0 Å². The highest BCUT2D eigenvalue weighted by atomic mass is 32.1. The van der Waals surface area contributed by atoms with Crippen LogP contribution in [-0.4, -0.2) is 0 Å². The number of hydrogen-bond donors (Lipinski definition) is 0. The predicted octanol–water partition coefficient (Wildman–Crippen LogP) is 16.0. The molecule has 0 atom stereocenters. The third-order valence-electron chi connectivity index (χ3n) is 12.3. The van der Waals surface area contributed by atoms with Crippen molar-refractivity contribution in [1.29, 1.82) is 0 Å². The van der Waals surface area contributed by atoms with Crippen molar-refractivity contribution in [1.82, 2.24) is 0 Å². The molecule has 0 aliphatic heterocycles. The molecule has 0 saturated heterocycles. The Kier molecular flexibility index (Phi) is 6.53. The molecule has 0 nitrogen and oxygen atoms in total. The van der Waals surface area contributed by atoms with Gasteiger partial charge in [-0.3, -0.25) is 0 Å². The molecule has 1 aliphatic rings. The Morgan fingerprint density at radius 2 is 0.836 bits per heavy atom. The Morgan fingerprint density at radius 1 is 0.309 bits per heavy atom. The summed E-state index contributed by atoms with van der Waals surface area (Å²) in [4.78, 5) is 0. The number of rotatable bonds is 3. The fourth-order valence-corrected chi connectivity index (χ4v) is 12.0. The monoisotopic (exact) mass is 734 g/mol. The van der Waals surface area contributed by atoms with E-state index in [9.17, 15) is 0 Å². The van der Waals surface area contributed by atoms with Crippen LogP contribution in [0.25, 0.3) is 106 Å². The van der Waals surface area contributed by atoms with Gasteiger partial charge in [-0.15, -0.1) is 22.7 Å². The topological polar surface area (TPSA) is 0 Å². The van der Waals surface area contributed by atoms with E-state index in [2.05, 4.69) is 184 Å². The van der Waals surface area contributed by atoms with Crippen LogP contribution in [0.3, 0.4) is 0 Å². The van der Waals surface area contributed by atoms with Crippen molar-refractivity contribution in [3.8, 4) is 44.5 Å². The van der Waals surface area contributed by atoms with Crippen molar-refractivity contribution in [3.05, 3.63) is 181 Å². The van der Waals surface area contributed by atoms with E-state index < -0.39 is 0 Å². The van der Waals surface area contributed by atoms with Crippen molar-refractivity contribution < 1.29 is 0 Å². The quantitative estimate of drug-likeness (QED) is 0.159. The lowest BCUT2D eigenvalue weighted by Gasteiger charge is -2.23. The van der Waals surface area contributed by atoms with Gasteiger partial charge in [0.05, 0.1) is 0 Å². The van der Waals surface area contributed by atoms with Crippen LogP contribution < -0.4 is 0 Å². The zero-order valence-electron chi connectivity index (χ0n) is 30.5. The molecule has 2 aromatic heterocycles. The fourth-order valence-electron chi connectivity index (χ4n) is 9.62. The van der Waals surface area contributed by atoms with E-state index >= 15 is 0 Å². The van der Waals surface area contributed by atoms with Crippen LogP contribution in [-0.2, 0) is 5.41 Å². The maximum absolute atomic E-state index is 2.49. The lowest BCUT2D eigenvalue weighted by molar-refractivity contribution is 0.660. The standard InChI is InChI=1S/C53H34S2/c1-53(2)45-25-22-32(33-20-24-37-44-29-43-36-14-10-11-19-47(36)54-49(43)30-50(44)55-48(37)28-33)26-42(45)35-23-21-34(27-46(35)53)52-40-17-8-6-15-38(40)51(31-12-4-3-5-13-31)39-16-7-9-18-41(39)52/h3-30H,1-2H3. The van der Waals surface area contributed by atoms with Crippen molar-refractivity contribution in [2.45, 2.75) is 19.3 Å². The third-order valence-corrected chi connectivity index (χ3v) is 14.5. The molecule has 2 heterocycles. The summed E-state index contributed by atoms with van der Waals surface area (Å²) in [7, 11) is 0. The molecular weight excluding hydrogens is 701 g/mol. The van der Waals surface area contributed by atoms with E-state index in [0.29, 0.717) is 0 Å². The molecule has 1 aliphatic carbocycles. The molecule has 0 spiro atoms. The molecule has 258 valence electrons. The first-order valence-corrected chi connectivity index (χ1v) is 20.7. The first-order chi connectivity index (χ1) is 27.0. The molecule has 9 aromatic carbocycles. The smallest absolute Gasteiger partial charge is 0.0369 e. The zero-order chi connectivity index (χ0) is 36.4. The largest absolute Gasteiger partial charge is 0.135 e. The van der Waals surface area contributed by atoms with Gasteiger partial charge >= 0.3 is 0 Å². The predicted molar refractivity (Wildman–Crippen MR) is 241 cm³/mol. The van der Waals surface area contributed by atoms with Crippen molar-refractivity contribution in [2.75, 3.05) is 0 Å². The second kappa shape index (κ2) is 11.5. The Bertz CT molecular complexity index is 3340. The third kappa shape index (κ3) is 4.50. The summed E-state index contributed by atoms with van der Waals surface area (Å²) in [5, 5.41) is 10.6. The molecule has 11 aromatic rings. The zero-order valence-corrected chi connectivity index (χ0v) is 32.1. The molecule has 12 rings (SSSR count). The van der Waals surface area contributed by atoms with Crippen molar-refractivity contribution >= 4 is 84.6 Å². The van der Waals surface area contributed by atoms with Crippen LogP contribution in [0.15, 0.2) is 170 Å². The summed E-state index contributed by atoms with van der Waals surface area (Å²) in [6.07, 6.45) is 0. The molecule has 0 radical (unpaired) electrons. The van der Waals surface area contributed by atoms with Gasteiger partial charge in [-0.05, 0) is 114 Å². The van der Waals surface area contributed by atoms with Crippen LogP contribution >= 0.6 is 22.7 Å². The Labute approximate surface area is 327 Å². The Hall–Kier alpha value is -6.06. The van der Waals surface area contributed by atoms with Crippen LogP contribution in [0.2, 0.25) is 0 Å². The van der Waals surface area contributed by atoms with Gasteiger partial charge in [0.25, 0.3) is 0 Å². The molecule has 0 amide bonds. The molecule has 0 fully saturated rings. The van der Waals surface area contributed by atoms with E-state index in [-0.39, 0.29) is 5.41 Å². The van der Waals surface area contributed by atoms with Crippen molar-refractivity contribution in [3.63, 3.8) is 0 Å². The van der Waals surface area contributed by atoms with Crippen LogP contribution in [0.5, 0.6) is 0 Å². The van der Waals surface area contributed by atoms with E-state index in [1.165, 1.54) is 118 Å². The first-order valence-electron chi connectivity index (χ1n) is 19.1. The van der Waals surface area contributed by atoms with Crippen LogP contribution in [0.4, 0.5) is 0 Å². The van der Waals surface area contributed by atoms with E-state index in [0.717, 1.165) is 0 Å². The molecular formula is C53H34S2.